The van der Waals surface area contributed by atoms with Gasteiger partial charge in [-0.2, -0.15) is 0 Å². The van der Waals surface area contributed by atoms with Gasteiger partial charge < -0.3 is 24.9 Å². The molecule has 0 unspecified atom stereocenters. The van der Waals surface area contributed by atoms with Crippen LogP contribution in [0.2, 0.25) is 5.02 Å². The summed E-state index contributed by atoms with van der Waals surface area (Å²) >= 11 is 5.90. The van der Waals surface area contributed by atoms with Gasteiger partial charge in [0.25, 0.3) is 0 Å². The first-order chi connectivity index (χ1) is 13.2. The number of nitrogens with one attached hydrogen (secondary N) is 1. The normalized spacial score (nSPS) is 22.4. The summed E-state index contributed by atoms with van der Waals surface area (Å²) in [6.07, 6.45) is 0.325. The lowest BCUT2D eigenvalue weighted by Crippen LogP contribution is -2.47. The Morgan fingerprint density at radius 1 is 1.07 bits per heavy atom. The molecule has 1 spiro atoms. The lowest BCUT2D eigenvalue weighted by Gasteiger charge is -2.34. The van der Waals surface area contributed by atoms with E-state index < -0.39 is 5.41 Å². The Labute approximate surface area is 170 Å². The second-order valence-corrected chi connectivity index (χ2v) is 8.32. The zero-order chi connectivity index (χ0) is 20.5. The summed E-state index contributed by atoms with van der Waals surface area (Å²) in [7, 11) is 5.17. The van der Waals surface area contributed by atoms with Gasteiger partial charge in [-0.15, -0.1) is 0 Å². The topological polar surface area (TPSA) is 76.2 Å². The molecule has 0 aliphatic carbocycles. The number of nitrogens with zero attached hydrogens (tertiary/aromatic N) is 4. The van der Waals surface area contributed by atoms with Gasteiger partial charge in [0.2, 0.25) is 5.91 Å². The molecule has 9 heteroatoms. The van der Waals surface area contributed by atoms with Crippen molar-refractivity contribution in [3.63, 3.8) is 0 Å². The maximum atomic E-state index is 12.9. The Kier molecular flexibility index (Phi) is 5.69. The van der Waals surface area contributed by atoms with Gasteiger partial charge in [0.05, 0.1) is 0 Å². The first-order valence-electron chi connectivity index (χ1n) is 9.21. The van der Waals surface area contributed by atoms with E-state index in [-0.39, 0.29) is 18.0 Å². The van der Waals surface area contributed by atoms with Crippen molar-refractivity contribution in [2.45, 2.75) is 6.42 Å². The quantitative estimate of drug-likeness (QED) is 0.773. The summed E-state index contributed by atoms with van der Waals surface area (Å²) in [5.74, 6) is 0.0391. The number of amides is 5. The van der Waals surface area contributed by atoms with E-state index in [4.69, 9.17) is 11.6 Å². The van der Waals surface area contributed by atoms with Crippen molar-refractivity contribution in [3.8, 4) is 0 Å². The molecule has 1 N–H and O–H groups in total. The van der Waals surface area contributed by atoms with Gasteiger partial charge in [-0.05, 0) is 24.3 Å². The Bertz CT molecular complexity index is 769. The maximum absolute atomic E-state index is 12.9. The number of likely N-dealkylation sites (tertiary alicyclic amines) is 1. The van der Waals surface area contributed by atoms with Crippen molar-refractivity contribution in [2.75, 3.05) is 59.2 Å². The van der Waals surface area contributed by atoms with Gasteiger partial charge in [-0.1, -0.05) is 11.6 Å². The van der Waals surface area contributed by atoms with E-state index in [0.29, 0.717) is 49.9 Å². The highest BCUT2D eigenvalue weighted by Crippen LogP contribution is 2.34. The number of anilines is 1. The molecule has 0 aromatic heterocycles. The number of benzene rings is 1. The smallest absolute Gasteiger partial charge is 0.321 e. The van der Waals surface area contributed by atoms with Gasteiger partial charge in [0.15, 0.2) is 0 Å². The highest BCUT2D eigenvalue weighted by molar-refractivity contribution is 6.30. The van der Waals surface area contributed by atoms with Crippen LogP contribution in [0.3, 0.4) is 0 Å². The number of hydrogen-bond donors (Lipinski definition) is 1. The lowest BCUT2D eigenvalue weighted by atomic mass is 9.86. The number of carbonyl (C=O) groups is 3. The van der Waals surface area contributed by atoms with E-state index in [2.05, 4.69) is 5.32 Å². The zero-order valence-electron chi connectivity index (χ0n) is 16.4. The third-order valence-electron chi connectivity index (χ3n) is 5.25. The number of urea groups is 2. The molecular formula is C19H26ClN5O3. The fourth-order valence-corrected chi connectivity index (χ4v) is 4.06. The first-order valence-corrected chi connectivity index (χ1v) is 9.59. The summed E-state index contributed by atoms with van der Waals surface area (Å²) in [5.41, 5.74) is 0.180. The van der Waals surface area contributed by atoms with E-state index in [9.17, 15) is 14.4 Å². The second kappa shape index (κ2) is 7.87. The van der Waals surface area contributed by atoms with Gasteiger partial charge >= 0.3 is 12.1 Å². The molecule has 1 aromatic carbocycles. The SMILES string of the molecule is CN(C)C(=O)N1CCN(C(=O)Nc2ccc(Cl)cc2)C[C@]2(CC(=O)N(C)C2)C1. The van der Waals surface area contributed by atoms with Crippen molar-refractivity contribution < 1.29 is 14.4 Å². The van der Waals surface area contributed by atoms with E-state index in [0.717, 1.165) is 0 Å². The van der Waals surface area contributed by atoms with Crippen LogP contribution < -0.4 is 5.32 Å². The molecule has 1 atom stereocenters. The molecule has 3 rings (SSSR count). The minimum Gasteiger partial charge on any atom is -0.345 e. The predicted octanol–water partition coefficient (Wildman–Crippen LogP) is 2.02. The van der Waals surface area contributed by atoms with Gasteiger partial charge in [-0.3, -0.25) is 4.79 Å². The van der Waals surface area contributed by atoms with Crippen molar-refractivity contribution in [1.29, 1.82) is 0 Å². The molecule has 5 amide bonds. The molecule has 1 aromatic rings. The molecule has 2 aliphatic rings. The average molecular weight is 408 g/mol. The molecule has 152 valence electrons. The van der Waals surface area contributed by atoms with Crippen LogP contribution in [0, 0.1) is 5.41 Å². The standard InChI is InChI=1S/C19H26ClN5O3/c1-22(2)18(28)25-9-8-24(12-19(13-25)10-16(26)23(3)11-19)17(27)21-15-6-4-14(20)5-7-15/h4-7H,8-13H2,1-3H3,(H,21,27)/t19-/m1/s1. The third kappa shape index (κ3) is 4.32. The lowest BCUT2D eigenvalue weighted by molar-refractivity contribution is -0.126. The summed E-state index contributed by atoms with van der Waals surface area (Å²) < 4.78 is 0. The van der Waals surface area contributed by atoms with Gasteiger partial charge in [0.1, 0.15) is 0 Å². The molecule has 0 bridgehead atoms. The van der Waals surface area contributed by atoms with E-state index in [1.165, 1.54) is 4.90 Å². The number of rotatable bonds is 1. The maximum Gasteiger partial charge on any atom is 0.321 e. The number of hydrogen-bond acceptors (Lipinski definition) is 3. The molecule has 28 heavy (non-hydrogen) atoms. The van der Waals surface area contributed by atoms with Crippen LogP contribution in [0.4, 0.5) is 15.3 Å². The summed E-state index contributed by atoms with van der Waals surface area (Å²) in [5, 5.41) is 3.47. The minimum absolute atomic E-state index is 0.0391. The second-order valence-electron chi connectivity index (χ2n) is 7.88. The number of carbonyl (C=O) groups excluding carboxylic acids is 3. The summed E-state index contributed by atoms with van der Waals surface area (Å²) in [4.78, 5) is 44.4. The highest BCUT2D eigenvalue weighted by atomic mass is 35.5. The Morgan fingerprint density at radius 3 is 2.25 bits per heavy atom. The third-order valence-corrected chi connectivity index (χ3v) is 5.50. The van der Waals surface area contributed by atoms with Crippen molar-refractivity contribution >= 4 is 35.3 Å². The molecule has 2 fully saturated rings. The first kappa shape index (κ1) is 20.3. The Morgan fingerprint density at radius 2 is 1.68 bits per heavy atom. The molecule has 0 saturated carbocycles. The van der Waals surface area contributed by atoms with Crippen LogP contribution in [0.1, 0.15) is 6.42 Å². The molecule has 0 radical (unpaired) electrons. The van der Waals surface area contributed by atoms with Crippen LogP contribution in [-0.2, 0) is 4.79 Å². The molecule has 2 saturated heterocycles. The van der Waals surface area contributed by atoms with E-state index in [1.54, 1.807) is 60.1 Å². The fourth-order valence-electron chi connectivity index (χ4n) is 3.93. The molecule has 2 aliphatic heterocycles. The Balaban J connectivity index is 1.80. The van der Waals surface area contributed by atoms with Crippen molar-refractivity contribution in [2.24, 2.45) is 5.41 Å². The zero-order valence-corrected chi connectivity index (χ0v) is 17.2. The fraction of sp³-hybridized carbons (Fsp3) is 0.526. The molecular weight excluding hydrogens is 382 g/mol. The molecule has 2 heterocycles. The summed E-state index contributed by atoms with van der Waals surface area (Å²) in [6, 6.07) is 6.54. The van der Waals surface area contributed by atoms with Gasteiger partial charge in [0, 0.05) is 76.4 Å². The highest BCUT2D eigenvalue weighted by Gasteiger charge is 2.47. The van der Waals surface area contributed by atoms with E-state index >= 15 is 0 Å². The average Bonchev–Trinajstić information content (AvgIpc) is 2.80. The monoisotopic (exact) mass is 407 g/mol. The van der Waals surface area contributed by atoms with Crippen molar-refractivity contribution in [3.05, 3.63) is 29.3 Å². The number of halogens is 1. The van der Waals surface area contributed by atoms with Crippen LogP contribution in [0.25, 0.3) is 0 Å². The van der Waals surface area contributed by atoms with Crippen LogP contribution in [-0.4, -0.2) is 91.4 Å². The van der Waals surface area contributed by atoms with Crippen LogP contribution >= 0.6 is 11.6 Å². The van der Waals surface area contributed by atoms with E-state index in [1.807, 2.05) is 0 Å². The predicted molar refractivity (Wildman–Crippen MR) is 107 cm³/mol. The van der Waals surface area contributed by atoms with Crippen LogP contribution in [0.5, 0.6) is 0 Å². The van der Waals surface area contributed by atoms with Gasteiger partial charge in [-0.25, -0.2) is 9.59 Å². The molecule has 8 nitrogen and oxygen atoms in total. The summed E-state index contributed by atoms with van der Waals surface area (Å²) in [6.45, 7) is 2.21. The minimum atomic E-state index is -0.467. The van der Waals surface area contributed by atoms with Crippen LogP contribution in [0.15, 0.2) is 24.3 Å². The van der Waals surface area contributed by atoms with Crippen molar-refractivity contribution in [1.82, 2.24) is 19.6 Å². The largest absolute Gasteiger partial charge is 0.345 e. The Hall–Kier alpha value is -2.48.